The fraction of sp³-hybridized carbons (Fsp3) is 0.474. The van der Waals surface area contributed by atoms with Crippen LogP contribution in [0.4, 0.5) is 0 Å². The Morgan fingerprint density at radius 1 is 1.21 bits per heavy atom. The highest BCUT2D eigenvalue weighted by Gasteiger charge is 2.51. The number of carbonyl (C=O) groups excluding carboxylic acids is 2. The topological polar surface area (TPSA) is 56.4 Å². The number of fused-ring (bicyclic) bond motifs is 5. The number of nitrogens with one attached hydrogen (secondary N) is 1. The normalized spacial score (nSPS) is 23.2. The van der Waals surface area contributed by atoms with Gasteiger partial charge in [-0.15, -0.1) is 0 Å². The Hall–Kier alpha value is -2.14. The van der Waals surface area contributed by atoms with E-state index in [-0.39, 0.29) is 23.7 Å². The number of hydrogen-bond donors (Lipinski definition) is 1. The average Bonchev–Trinajstić information content (AvgIpc) is 3.05. The Labute approximate surface area is 141 Å². The first kappa shape index (κ1) is 15.4. The summed E-state index contributed by atoms with van der Waals surface area (Å²) in [7, 11) is 4.01. The van der Waals surface area contributed by atoms with Crippen LogP contribution < -0.4 is 0 Å². The van der Waals surface area contributed by atoms with Crippen LogP contribution in [0.2, 0.25) is 0 Å². The van der Waals surface area contributed by atoms with Crippen LogP contribution >= 0.6 is 0 Å². The molecule has 2 aromatic rings. The monoisotopic (exact) mass is 325 g/mol. The molecule has 2 aliphatic rings. The van der Waals surface area contributed by atoms with Crippen LogP contribution in [0.5, 0.6) is 0 Å². The van der Waals surface area contributed by atoms with Gasteiger partial charge in [-0.1, -0.05) is 18.2 Å². The first-order valence-electron chi connectivity index (χ1n) is 8.67. The van der Waals surface area contributed by atoms with Gasteiger partial charge in [-0.05, 0) is 51.5 Å². The van der Waals surface area contributed by atoms with E-state index >= 15 is 0 Å². The molecule has 2 heterocycles. The molecule has 0 unspecified atom stereocenters. The maximum absolute atomic E-state index is 13.0. The van der Waals surface area contributed by atoms with E-state index in [1.54, 1.807) is 0 Å². The Kier molecular flexibility index (Phi) is 3.68. The number of H-pyrrole nitrogens is 1. The fourth-order valence-corrected chi connectivity index (χ4v) is 4.24. The summed E-state index contributed by atoms with van der Waals surface area (Å²) in [5, 5.41) is 1.10. The molecule has 1 aromatic heterocycles. The van der Waals surface area contributed by atoms with Crippen LogP contribution in [0, 0.1) is 5.92 Å². The smallest absolute Gasteiger partial charge is 0.237 e. The third kappa shape index (κ3) is 2.26. The Balaban J connectivity index is 1.68. The molecule has 1 aliphatic heterocycles. The third-order valence-corrected chi connectivity index (χ3v) is 5.35. The molecule has 1 aromatic carbocycles. The van der Waals surface area contributed by atoms with Crippen LogP contribution in [-0.4, -0.2) is 53.8 Å². The van der Waals surface area contributed by atoms with Gasteiger partial charge < -0.3 is 9.88 Å². The average molecular weight is 325 g/mol. The molecule has 0 bridgehead atoms. The van der Waals surface area contributed by atoms with Gasteiger partial charge in [0.1, 0.15) is 0 Å². The van der Waals surface area contributed by atoms with E-state index in [0.717, 1.165) is 48.0 Å². The predicted octanol–water partition coefficient (Wildman–Crippen LogP) is 2.13. The van der Waals surface area contributed by atoms with Crippen LogP contribution in [0.25, 0.3) is 10.9 Å². The third-order valence-electron chi connectivity index (χ3n) is 5.35. The van der Waals surface area contributed by atoms with Crippen molar-refractivity contribution < 1.29 is 9.59 Å². The summed E-state index contributed by atoms with van der Waals surface area (Å²) in [4.78, 5) is 32.8. The number of amides is 2. The first-order valence-corrected chi connectivity index (χ1v) is 8.67. The number of aromatic amines is 1. The lowest BCUT2D eigenvalue weighted by molar-refractivity contribution is -0.139. The van der Waals surface area contributed by atoms with Gasteiger partial charge in [0.2, 0.25) is 11.8 Å². The highest BCUT2D eigenvalue weighted by molar-refractivity contribution is 6.10. The molecule has 0 saturated carbocycles. The van der Waals surface area contributed by atoms with Crippen molar-refractivity contribution in [2.75, 3.05) is 27.2 Å². The number of imide groups is 1. The van der Waals surface area contributed by atoms with Gasteiger partial charge in [0.05, 0.1) is 11.8 Å². The van der Waals surface area contributed by atoms with E-state index in [2.05, 4.69) is 16.0 Å². The number of aromatic nitrogens is 1. The number of nitrogens with zero attached hydrogens (tertiary/aromatic N) is 2. The number of rotatable bonds is 4. The second-order valence-electron chi connectivity index (χ2n) is 7.17. The minimum absolute atomic E-state index is 0.00513. The van der Waals surface area contributed by atoms with Crippen molar-refractivity contribution in [2.24, 2.45) is 5.92 Å². The van der Waals surface area contributed by atoms with Gasteiger partial charge in [0, 0.05) is 23.1 Å². The fourth-order valence-electron chi connectivity index (χ4n) is 4.24. The number of hydrogen-bond acceptors (Lipinski definition) is 3. The van der Waals surface area contributed by atoms with Crippen LogP contribution in [0.15, 0.2) is 24.3 Å². The van der Waals surface area contributed by atoms with Gasteiger partial charge in [-0.3, -0.25) is 14.5 Å². The number of likely N-dealkylation sites (tertiary alicyclic amines) is 1. The molecule has 2 amide bonds. The van der Waals surface area contributed by atoms with E-state index < -0.39 is 0 Å². The van der Waals surface area contributed by atoms with E-state index in [0.29, 0.717) is 6.54 Å². The van der Waals surface area contributed by atoms with Crippen molar-refractivity contribution in [1.82, 2.24) is 14.8 Å². The van der Waals surface area contributed by atoms with Crippen LogP contribution in [-0.2, 0) is 16.0 Å². The minimum Gasteiger partial charge on any atom is -0.358 e. The summed E-state index contributed by atoms with van der Waals surface area (Å²) >= 11 is 0. The second-order valence-corrected chi connectivity index (χ2v) is 7.17. The number of aryl methyl sites for hydroxylation is 1. The number of carbonyl (C=O) groups is 2. The lowest BCUT2D eigenvalue weighted by Gasteiger charge is -2.21. The first-order chi connectivity index (χ1) is 11.6. The molecule has 4 rings (SSSR count). The SMILES string of the molecule is CN(C)CCCN1C(=O)[C@H]2CCc3[nH]c4ccccc4c3[C@H]2C1=O. The van der Waals surface area contributed by atoms with E-state index in [1.165, 1.54) is 4.90 Å². The zero-order valence-corrected chi connectivity index (χ0v) is 14.2. The van der Waals surface area contributed by atoms with Gasteiger partial charge in [0.15, 0.2) is 0 Å². The molecule has 1 saturated heterocycles. The molecule has 1 fully saturated rings. The van der Waals surface area contributed by atoms with Gasteiger partial charge in [-0.25, -0.2) is 0 Å². The molecule has 126 valence electrons. The maximum atomic E-state index is 13.0. The lowest BCUT2D eigenvalue weighted by atomic mass is 9.78. The lowest BCUT2D eigenvalue weighted by Crippen LogP contribution is -2.33. The molecule has 1 aliphatic carbocycles. The summed E-state index contributed by atoms with van der Waals surface area (Å²) in [6.07, 6.45) is 2.43. The molecule has 1 N–H and O–H groups in total. The zero-order valence-electron chi connectivity index (χ0n) is 14.2. The molecule has 0 spiro atoms. The summed E-state index contributed by atoms with van der Waals surface area (Å²) in [5.74, 6) is -0.450. The van der Waals surface area contributed by atoms with E-state index in [4.69, 9.17) is 0 Å². The molecule has 5 heteroatoms. The highest BCUT2D eigenvalue weighted by atomic mass is 16.2. The van der Waals surface area contributed by atoms with Crippen LogP contribution in [0.3, 0.4) is 0 Å². The van der Waals surface area contributed by atoms with Crippen molar-refractivity contribution >= 4 is 22.7 Å². The summed E-state index contributed by atoms with van der Waals surface area (Å²) in [6, 6.07) is 8.09. The van der Waals surface area contributed by atoms with Gasteiger partial charge in [0.25, 0.3) is 0 Å². The van der Waals surface area contributed by atoms with Gasteiger partial charge >= 0.3 is 0 Å². The maximum Gasteiger partial charge on any atom is 0.237 e. The summed E-state index contributed by atoms with van der Waals surface area (Å²) < 4.78 is 0. The predicted molar refractivity (Wildman–Crippen MR) is 92.7 cm³/mol. The number of benzene rings is 1. The molecule has 0 radical (unpaired) electrons. The Morgan fingerprint density at radius 3 is 2.79 bits per heavy atom. The summed E-state index contributed by atoms with van der Waals surface area (Å²) in [5.41, 5.74) is 3.26. The van der Waals surface area contributed by atoms with Crippen molar-refractivity contribution in [3.8, 4) is 0 Å². The van der Waals surface area contributed by atoms with Crippen molar-refractivity contribution in [1.29, 1.82) is 0 Å². The molecular weight excluding hydrogens is 302 g/mol. The van der Waals surface area contributed by atoms with E-state index in [1.807, 2.05) is 32.3 Å². The molecule has 2 atom stereocenters. The van der Waals surface area contributed by atoms with Crippen molar-refractivity contribution in [2.45, 2.75) is 25.2 Å². The van der Waals surface area contributed by atoms with Crippen LogP contribution in [0.1, 0.15) is 30.0 Å². The van der Waals surface area contributed by atoms with Crippen molar-refractivity contribution in [3.05, 3.63) is 35.5 Å². The largest absolute Gasteiger partial charge is 0.358 e. The van der Waals surface area contributed by atoms with Gasteiger partial charge in [-0.2, -0.15) is 0 Å². The van der Waals surface area contributed by atoms with E-state index in [9.17, 15) is 9.59 Å². The second kappa shape index (κ2) is 5.74. The standard InChI is InChI=1S/C19H23N3O2/c1-21(2)10-5-11-22-18(23)13-8-9-15-16(17(13)19(22)24)12-6-3-4-7-14(12)20-15/h3-4,6-7,13,17,20H,5,8-11H2,1-2H3/t13-,17-/m0/s1. The molecule has 24 heavy (non-hydrogen) atoms. The quantitative estimate of drug-likeness (QED) is 0.876. The highest BCUT2D eigenvalue weighted by Crippen LogP contribution is 2.45. The minimum atomic E-state index is -0.295. The molecular formula is C19H23N3O2. The number of para-hydroxylation sites is 1. The molecule has 5 nitrogen and oxygen atoms in total. The summed E-state index contributed by atoms with van der Waals surface area (Å²) in [6.45, 7) is 1.41. The Morgan fingerprint density at radius 2 is 2.00 bits per heavy atom. The van der Waals surface area contributed by atoms with Crippen molar-refractivity contribution in [3.63, 3.8) is 0 Å². The Bertz CT molecular complexity index is 808. The zero-order chi connectivity index (χ0) is 16.8.